The normalized spacial score (nSPS) is 12.6. The van der Waals surface area contributed by atoms with Crippen LogP contribution in [0.15, 0.2) is 152 Å². The van der Waals surface area contributed by atoms with Crippen LogP contribution in [0.5, 0.6) is 0 Å². The summed E-state index contributed by atoms with van der Waals surface area (Å²) >= 11 is 0. The first kappa shape index (κ1) is 146. The van der Waals surface area contributed by atoms with Gasteiger partial charge in [-0.2, -0.15) is 36.4 Å². The number of hydrogen-bond donors (Lipinski definition) is 11. The van der Waals surface area contributed by atoms with Gasteiger partial charge in [-0.1, -0.05) is 163 Å². The van der Waals surface area contributed by atoms with Gasteiger partial charge < -0.3 is 122 Å². The number of nitrogens with one attached hydrogen (secondary N) is 6. The molecule has 7 atom stereocenters. The van der Waals surface area contributed by atoms with E-state index in [1.165, 1.54) is 42.2 Å². The Balaban J connectivity index is -0.000000389. The van der Waals surface area contributed by atoms with Gasteiger partial charge in [-0.05, 0) is 161 Å². The van der Waals surface area contributed by atoms with E-state index in [0.29, 0.717) is 22.3 Å². The van der Waals surface area contributed by atoms with Crippen molar-refractivity contribution in [3.05, 3.63) is 180 Å². The van der Waals surface area contributed by atoms with Gasteiger partial charge in [-0.25, -0.2) is 43.7 Å². The zero-order valence-corrected chi connectivity index (χ0v) is 97.0. The van der Waals surface area contributed by atoms with Gasteiger partial charge in [0, 0.05) is 50.2 Å². The van der Waals surface area contributed by atoms with E-state index in [4.69, 9.17) is 67.9 Å². The number of aliphatic hydroxyl groups is 3. The molecule has 5 aromatic carbocycles. The van der Waals surface area contributed by atoms with Crippen LogP contribution in [0, 0.1) is 6.07 Å². The van der Waals surface area contributed by atoms with Crippen molar-refractivity contribution in [2.75, 3.05) is 74.6 Å². The third-order valence-corrected chi connectivity index (χ3v) is 27.6. The molecule has 146 heavy (non-hydrogen) atoms. The molecule has 0 bridgehead atoms. The number of carboxylic acids is 1. The summed E-state index contributed by atoms with van der Waals surface area (Å²) in [6.07, 6.45) is -4.38. The predicted molar refractivity (Wildman–Crippen MR) is 556 cm³/mol. The maximum Gasteiger partial charge on any atom is 2.00 e. The Labute approximate surface area is 896 Å². The summed E-state index contributed by atoms with van der Waals surface area (Å²) in [7, 11) is 1.44. The topological polar surface area (TPSA) is 552 Å². The van der Waals surface area contributed by atoms with E-state index in [9.17, 15) is 77.0 Å². The molecular weight excluding hydrogens is 2030 g/mol. The van der Waals surface area contributed by atoms with Crippen molar-refractivity contribution >= 4 is 142 Å². The number of nitrogens with two attached hydrogens (primary N) is 1. The smallest absolute Gasteiger partial charge is 1.00 e. The minimum Gasteiger partial charge on any atom is -1.00 e. The predicted octanol–water partition coefficient (Wildman–Crippen LogP) is 10.9. The summed E-state index contributed by atoms with van der Waals surface area (Å²) in [5, 5.41) is 51.6. The van der Waals surface area contributed by atoms with Crippen LogP contribution in [-0.2, 0) is 80.4 Å². The number of hydrogen-bond acceptors (Lipinski definition) is 31. The number of nitrogens with zero attached hydrogens (tertiary/aromatic N) is 2. The van der Waals surface area contributed by atoms with Crippen molar-refractivity contribution in [2.45, 2.75) is 292 Å². The molecule has 0 aromatic heterocycles. The van der Waals surface area contributed by atoms with Crippen molar-refractivity contribution in [1.29, 1.82) is 0 Å². The van der Waals surface area contributed by atoms with Gasteiger partial charge in [0.1, 0.15) is 83.1 Å². The molecule has 12 N–H and O–H groups in total. The van der Waals surface area contributed by atoms with E-state index in [0.717, 1.165) is 10.1 Å². The largest absolute Gasteiger partial charge is 2.00 e. The van der Waals surface area contributed by atoms with Crippen molar-refractivity contribution in [3.63, 3.8) is 0 Å². The van der Waals surface area contributed by atoms with Crippen LogP contribution >= 0.6 is 12.4 Å². The summed E-state index contributed by atoms with van der Waals surface area (Å²) in [5.74, 6) is -4.36. The number of halogens is 2. The van der Waals surface area contributed by atoms with Gasteiger partial charge >= 0.3 is 77.5 Å². The van der Waals surface area contributed by atoms with Gasteiger partial charge in [-0.15, -0.1) is 12.4 Å². The number of rotatable bonds is 32. The summed E-state index contributed by atoms with van der Waals surface area (Å²) in [6.45, 7) is 52.8. The van der Waals surface area contributed by atoms with Gasteiger partial charge in [0.25, 0.3) is 11.8 Å². The summed E-state index contributed by atoms with van der Waals surface area (Å²) in [5.41, 5.74) is 3.49. The Bertz CT molecular complexity index is 4680. The molecule has 0 radical (unpaired) electrons. The fourth-order valence-electron chi connectivity index (χ4n) is 9.49. The molecule has 0 aliphatic carbocycles. The fraction of sp³-hybridized carbons (Fsp3) is 0.554. The second kappa shape index (κ2) is 70.3. The first-order valence-corrected chi connectivity index (χ1v) is 51.5. The number of benzene rings is 5. The van der Waals surface area contributed by atoms with Gasteiger partial charge in [0.15, 0.2) is 45.8 Å². The van der Waals surface area contributed by atoms with E-state index in [2.05, 4.69) is 110 Å². The first-order chi connectivity index (χ1) is 65.4. The average molecular weight is 2190 g/mol. The first-order valence-electron chi connectivity index (χ1n) is 45.7. The van der Waals surface area contributed by atoms with E-state index >= 15 is 0 Å². The minimum absolute atomic E-state index is 0. The zero-order chi connectivity index (χ0) is 111. The molecule has 5 aromatic rings. The molecule has 8 amide bonds. The summed E-state index contributed by atoms with van der Waals surface area (Å²) < 4.78 is 52.2. The number of esters is 2. The third-order valence-electron chi connectivity index (χ3n) is 18.6. The molecule has 40 nitrogen and oxygen atoms in total. The van der Waals surface area contributed by atoms with Crippen LogP contribution in [0.1, 0.15) is 221 Å². The van der Waals surface area contributed by atoms with Crippen LogP contribution < -0.4 is 54.6 Å². The van der Waals surface area contributed by atoms with Crippen molar-refractivity contribution in [1.82, 2.24) is 42.0 Å². The van der Waals surface area contributed by atoms with Crippen LogP contribution in [0.25, 0.3) is 0 Å². The number of carbonyl (C=O) groups is 15. The summed E-state index contributed by atoms with van der Waals surface area (Å²) in [6, 6.07) is 40.1. The number of hydroxylamine groups is 4. The number of aliphatic carboxylic acids is 1. The van der Waals surface area contributed by atoms with Gasteiger partial charge in [-0.3, -0.25) is 48.0 Å². The Hall–Kier alpha value is -10.6. The molecule has 820 valence electrons. The van der Waals surface area contributed by atoms with Gasteiger partial charge in [0.2, 0.25) is 0 Å². The van der Waals surface area contributed by atoms with Crippen LogP contribution in [0.2, 0.25) is 36.3 Å². The van der Waals surface area contributed by atoms with E-state index in [1.807, 2.05) is 47.8 Å². The number of ketones is 4. The number of alkyl carbamates (subject to hydrolysis) is 6. The number of likely N-dealkylation sites (N-methyl/N-ethyl adjacent to an activating group) is 2. The number of carboxylic acid groups (broad SMARTS) is 1. The zero-order valence-electron chi connectivity index (χ0n) is 91.2. The fourth-order valence-corrected chi connectivity index (χ4v) is 11.5. The minimum atomic E-state index is -2.06. The Kier molecular flexibility index (Phi) is 70.4. The summed E-state index contributed by atoms with van der Waals surface area (Å²) in [4.78, 5) is 184. The maximum atomic E-state index is 12.9. The number of Topliss-reactive ketones (excluding diaryl/α,β-unsaturated/α-hetero) is 4. The van der Waals surface area contributed by atoms with Gasteiger partial charge in [0.05, 0.1) is 47.3 Å². The van der Waals surface area contributed by atoms with Crippen LogP contribution in [-0.4, -0.2) is 310 Å². The number of carbonyl (C=O) groups excluding carboxylic acids is 14. The van der Waals surface area contributed by atoms with Crippen LogP contribution in [0.4, 0.5) is 28.8 Å². The Morgan fingerprint density at radius 2 is 0.562 bits per heavy atom. The molecule has 0 heterocycles. The number of ether oxygens (including phenoxy) is 8. The quantitative estimate of drug-likeness (QED) is 0.00476. The maximum absolute atomic E-state index is 12.9. The van der Waals surface area contributed by atoms with E-state index < -0.39 is 179 Å². The van der Waals surface area contributed by atoms with E-state index in [1.54, 1.807) is 234 Å². The Morgan fingerprint density at radius 1 is 0.342 bits per heavy atom. The SMILES string of the molecule is CC(=O)OC[C@@H](N)C(=O)c1ccccc1.CC(=O)OC[C@@H](NC(=O)OC(C)(C)C)C(=O)c1ccccc1.CC(C)(C)OC(=O)N[C@H](CO)C(=O)O.CC(C)(C)OC(=O)N[C@H](CO)C(=O)c1ccccc1.CC(C)(C)OC(=O)N[C@H](CO[Si](C)(C)C(C)(C)C)C(=O)c1ccccc1.CON(C)C(=O)[C@@H](CO)NC(=O)OC(C)(C)C.CON(C)C(=O)[C@@H](CO[Si](C)(C)C(C)(C)C)NC(=O)OC(C)(C)C.Cl.[Br-].[Mg+2].[c-]1ccccc1. The van der Waals surface area contributed by atoms with Crippen LogP contribution in [0.3, 0.4) is 0 Å². The molecule has 0 aliphatic heterocycles. The number of amides is 8. The molecule has 45 heteroatoms. The second-order valence-corrected chi connectivity index (χ2v) is 50.1. The standard InChI is InChI=1S/C20H33NO4Si.C16H34N2O5Si.C16H21NO5.C14H19NO4.C11H13NO3.C10H20N2O5.C8H15NO5.C6H5.BrH.ClH.Mg/c1-19(2,3)25-18(23)21-16(14-24-26(7,8)20(4,5)6)17(22)15-12-10-9-11-13-15;1-15(2,3)23-14(20)17-12(13(19)18(7)21-8)11-22-24(9,10)16(4,5)6;1-11(18)21-10-13(17-15(20)22-16(2,3)4)14(19)12-8-6-5-7-9-12;1-14(2,3)19-13(18)15-11(9-16)12(17)10-7-5-4-6-8-10;1-8(13)15-7-10(12)11(14)9-5-3-2-4-6-9;1-10(2,3)17-9(15)11-7(6-13)8(14)12(4)16-5;1-8(2,3)14-7(13)9-5(4-10)6(11)12;1-2-4-6-5-3-1;;;/h9-13,16H,14H2,1-8H3,(H,21,23);12H,11H2,1-10H3,(H,17,20);5-9,13H,10H2,1-4H3,(H,17,20);4-8,11,16H,9H2,1-3H3,(H,15,18);2-6,10H,7,12H2,1H3;7,13H,6H2,1-5H3,(H,11,15);5,10H,4H2,1-3H3,(H,9,13)(H,11,12);1-5H;2*1H;/q;;;;;;;-1;;;+2/p-1/t16-;12-;13-;11-;10-;7-;5-;;;;/m1111111..../s1. The van der Waals surface area contributed by atoms with E-state index in [-0.39, 0.29) is 112 Å². The van der Waals surface area contributed by atoms with Crippen molar-refractivity contribution in [2.24, 2.45) is 5.73 Å². The monoisotopic (exact) mass is 2190 g/mol. The van der Waals surface area contributed by atoms with Crippen molar-refractivity contribution in [3.8, 4) is 0 Å². The molecule has 0 unspecified atom stereocenters. The second-order valence-electron chi connectivity index (χ2n) is 40.5. The average Bonchev–Trinajstić information content (AvgIpc) is 0.827. The Morgan fingerprint density at radius 3 is 0.795 bits per heavy atom. The molecule has 0 saturated carbocycles. The molecule has 0 aliphatic rings. The van der Waals surface area contributed by atoms with Crippen molar-refractivity contribution < 1.29 is 166 Å². The molecule has 5 rings (SSSR count). The molecule has 0 fully saturated rings. The number of aliphatic hydroxyl groups excluding tert-OH is 3. The molecule has 0 spiro atoms. The molecule has 0 saturated heterocycles. The third kappa shape index (κ3) is 69.5. The molecular formula is C101H161BrClMgN9O31Si2.